The number of thiol groups is 2. The second-order valence-electron chi connectivity index (χ2n) is 1.49. The molecule has 0 atom stereocenters. The van der Waals surface area contributed by atoms with Crippen LogP contribution in [-0.4, -0.2) is 16.4 Å². The normalized spacial score (nSPS) is 9.25. The van der Waals surface area contributed by atoms with Crippen molar-refractivity contribution in [1.82, 2.24) is 0 Å². The summed E-state index contributed by atoms with van der Waals surface area (Å²) >= 11 is 13.0. The molecule has 0 heterocycles. The van der Waals surface area contributed by atoms with Gasteiger partial charge in [-0.25, -0.2) is 0 Å². The molecular weight excluding hydrogens is 156 g/mol. The zero-order valence-electron chi connectivity index (χ0n) is 4.63. The van der Waals surface area contributed by atoms with Gasteiger partial charge in [-0.05, 0) is 29.2 Å². The summed E-state index contributed by atoms with van der Waals surface area (Å²) in [6.45, 7) is 0. The lowest BCUT2D eigenvalue weighted by Crippen LogP contribution is -1.95. The van der Waals surface area contributed by atoms with Gasteiger partial charge in [0.1, 0.15) is 0 Å². The Morgan fingerprint density at radius 3 is 1.75 bits per heavy atom. The average molecular weight is 166 g/mol. The van der Waals surface area contributed by atoms with Crippen molar-refractivity contribution < 1.29 is 0 Å². The third kappa shape index (κ3) is 4.94. The summed E-state index contributed by atoms with van der Waals surface area (Å²) in [6, 6.07) is 0. The van der Waals surface area contributed by atoms with E-state index in [9.17, 15) is 0 Å². The molecule has 0 unspecified atom stereocenters. The summed E-state index contributed by atoms with van der Waals surface area (Å²) in [5.74, 6) is 1.74. The quantitative estimate of drug-likeness (QED) is 0.476. The molecule has 0 aliphatic rings. The van der Waals surface area contributed by atoms with Crippen LogP contribution in [-0.2, 0) is 0 Å². The van der Waals surface area contributed by atoms with E-state index in [0.29, 0.717) is 0 Å². The first-order chi connectivity index (χ1) is 3.81. The van der Waals surface area contributed by atoms with E-state index in [1.165, 1.54) is 0 Å². The fraction of sp³-hybridized carbons (Fsp3) is 0.800. The van der Waals surface area contributed by atoms with Gasteiger partial charge in [0, 0.05) is 0 Å². The topological polar surface area (TPSA) is 0 Å². The molecule has 8 heavy (non-hydrogen) atoms. The van der Waals surface area contributed by atoms with E-state index in [1.54, 1.807) is 0 Å². The predicted octanol–water partition coefficient (Wildman–Crippen LogP) is 2.00. The van der Waals surface area contributed by atoms with Crippen LogP contribution in [0.3, 0.4) is 0 Å². The van der Waals surface area contributed by atoms with E-state index in [2.05, 4.69) is 25.3 Å². The minimum Gasteiger partial charge on any atom is -0.179 e. The molecule has 0 aliphatic carbocycles. The minimum absolute atomic E-state index is 0.868. The monoisotopic (exact) mass is 166 g/mol. The largest absolute Gasteiger partial charge is 0.179 e. The Balaban J connectivity index is 3.06. The van der Waals surface area contributed by atoms with E-state index >= 15 is 0 Å². The Bertz CT molecular complexity index is 62.1. The molecule has 0 spiro atoms. The highest BCUT2D eigenvalue weighted by Crippen LogP contribution is 1.95. The Kier molecular flexibility index (Phi) is 6.50. The zero-order valence-corrected chi connectivity index (χ0v) is 7.24. The van der Waals surface area contributed by atoms with Crippen molar-refractivity contribution in [3.8, 4) is 0 Å². The van der Waals surface area contributed by atoms with Gasteiger partial charge in [-0.15, -0.1) is 0 Å². The van der Waals surface area contributed by atoms with E-state index in [-0.39, 0.29) is 0 Å². The first-order valence-corrected chi connectivity index (χ1v) is 4.22. The second kappa shape index (κ2) is 5.92. The Morgan fingerprint density at radius 2 is 1.50 bits per heavy atom. The van der Waals surface area contributed by atoms with Crippen LogP contribution in [0.25, 0.3) is 0 Å². The summed E-state index contributed by atoms with van der Waals surface area (Å²) in [4.78, 5) is 1.09. The standard InChI is InChI=1S/C5H10S3/c6-3-1-5(8)2-4-7/h6-7H,1-4H2. The summed E-state index contributed by atoms with van der Waals surface area (Å²) < 4.78 is 0. The molecule has 0 N–H and O–H groups in total. The van der Waals surface area contributed by atoms with Crippen LogP contribution < -0.4 is 0 Å². The van der Waals surface area contributed by atoms with Gasteiger partial charge in [0.2, 0.25) is 0 Å². The maximum atomic E-state index is 4.95. The Labute approximate surface area is 66.9 Å². The molecule has 0 nitrogen and oxygen atoms in total. The molecular formula is C5H10S3. The van der Waals surface area contributed by atoms with E-state index in [4.69, 9.17) is 12.2 Å². The van der Waals surface area contributed by atoms with Gasteiger partial charge in [0.15, 0.2) is 0 Å². The highest BCUT2D eigenvalue weighted by atomic mass is 32.1. The Hall–Kier alpha value is 0.790. The Morgan fingerprint density at radius 1 is 1.12 bits per heavy atom. The maximum Gasteiger partial charge on any atom is -0.00524 e. The van der Waals surface area contributed by atoms with Crippen molar-refractivity contribution in [1.29, 1.82) is 0 Å². The smallest absolute Gasteiger partial charge is 0.00524 e. The maximum absolute atomic E-state index is 4.95. The van der Waals surface area contributed by atoms with Gasteiger partial charge in [-0.3, -0.25) is 0 Å². The SMILES string of the molecule is S=C(CCS)CCS. The number of rotatable bonds is 4. The van der Waals surface area contributed by atoms with Crippen LogP contribution in [0.5, 0.6) is 0 Å². The van der Waals surface area contributed by atoms with Crippen LogP contribution in [0.2, 0.25) is 0 Å². The lowest BCUT2D eigenvalue weighted by Gasteiger charge is -1.94. The van der Waals surface area contributed by atoms with E-state index < -0.39 is 0 Å². The molecule has 0 amide bonds. The van der Waals surface area contributed by atoms with Gasteiger partial charge in [0.25, 0.3) is 0 Å². The molecule has 3 heteroatoms. The molecule has 0 aliphatic heterocycles. The predicted molar refractivity (Wildman–Crippen MR) is 49.5 cm³/mol. The van der Waals surface area contributed by atoms with E-state index in [1.807, 2.05) is 0 Å². The molecule has 0 aromatic heterocycles. The fourth-order valence-corrected chi connectivity index (χ4v) is 1.42. The highest BCUT2D eigenvalue weighted by Gasteiger charge is 1.90. The van der Waals surface area contributed by atoms with Crippen molar-refractivity contribution in [3.63, 3.8) is 0 Å². The molecule has 48 valence electrons. The first kappa shape index (κ1) is 8.79. The third-order valence-corrected chi connectivity index (χ3v) is 1.64. The molecule has 0 saturated heterocycles. The van der Waals surface area contributed by atoms with Crippen molar-refractivity contribution in [2.75, 3.05) is 11.5 Å². The van der Waals surface area contributed by atoms with Gasteiger partial charge in [-0.2, -0.15) is 25.3 Å². The molecule has 0 saturated carbocycles. The summed E-state index contributed by atoms with van der Waals surface area (Å²) in [7, 11) is 0. The number of thiocarbonyl (C=S) groups is 1. The van der Waals surface area contributed by atoms with Crippen LogP contribution in [0, 0.1) is 0 Å². The number of hydrogen-bond acceptors (Lipinski definition) is 3. The van der Waals surface area contributed by atoms with Crippen molar-refractivity contribution in [2.45, 2.75) is 12.8 Å². The average Bonchev–Trinajstić information content (AvgIpc) is 1.68. The van der Waals surface area contributed by atoms with Gasteiger partial charge in [0.05, 0.1) is 0 Å². The highest BCUT2D eigenvalue weighted by molar-refractivity contribution is 7.82. The van der Waals surface area contributed by atoms with Crippen molar-refractivity contribution >= 4 is 42.3 Å². The van der Waals surface area contributed by atoms with E-state index in [0.717, 1.165) is 29.2 Å². The lowest BCUT2D eigenvalue weighted by atomic mass is 10.3. The zero-order chi connectivity index (χ0) is 6.41. The first-order valence-electron chi connectivity index (χ1n) is 2.54. The van der Waals surface area contributed by atoms with Crippen molar-refractivity contribution in [3.05, 3.63) is 0 Å². The molecule has 0 aromatic rings. The summed E-state index contributed by atoms with van der Waals surface area (Å²) in [5.41, 5.74) is 0. The molecule has 0 aromatic carbocycles. The minimum atomic E-state index is 0.868. The van der Waals surface area contributed by atoms with Gasteiger partial charge in [-0.1, -0.05) is 12.2 Å². The second-order valence-corrected chi connectivity index (χ2v) is 2.96. The van der Waals surface area contributed by atoms with Crippen LogP contribution in [0.1, 0.15) is 12.8 Å². The molecule has 0 rings (SSSR count). The molecule has 0 bridgehead atoms. The van der Waals surface area contributed by atoms with Gasteiger partial charge < -0.3 is 0 Å². The fourth-order valence-electron chi connectivity index (χ4n) is 0.374. The number of hydrogen-bond donors (Lipinski definition) is 2. The van der Waals surface area contributed by atoms with Crippen LogP contribution in [0.4, 0.5) is 0 Å². The molecule has 0 radical (unpaired) electrons. The van der Waals surface area contributed by atoms with Crippen molar-refractivity contribution in [2.24, 2.45) is 0 Å². The van der Waals surface area contributed by atoms with Crippen LogP contribution >= 0.6 is 37.5 Å². The third-order valence-electron chi connectivity index (χ3n) is 0.781. The van der Waals surface area contributed by atoms with Crippen LogP contribution in [0.15, 0.2) is 0 Å². The lowest BCUT2D eigenvalue weighted by molar-refractivity contribution is 1.23. The molecule has 0 fully saturated rings. The van der Waals surface area contributed by atoms with Gasteiger partial charge >= 0.3 is 0 Å². The summed E-state index contributed by atoms with van der Waals surface area (Å²) in [6.07, 6.45) is 1.91. The summed E-state index contributed by atoms with van der Waals surface area (Å²) in [5, 5.41) is 0.